The summed E-state index contributed by atoms with van der Waals surface area (Å²) in [6.45, 7) is 3.50. The third-order valence-electron chi connectivity index (χ3n) is 5.26. The summed E-state index contributed by atoms with van der Waals surface area (Å²) in [5.41, 5.74) is 0.736. The van der Waals surface area contributed by atoms with Gasteiger partial charge in [-0.25, -0.2) is 12.7 Å². The fraction of sp³-hybridized carbons (Fsp3) is 0.318. The number of nitrogens with zero attached hydrogens (tertiary/aromatic N) is 2. The largest absolute Gasteiger partial charge is 0.355 e. The monoisotopic (exact) mass is 477 g/mol. The lowest BCUT2D eigenvalue weighted by molar-refractivity contribution is -0.140. The summed E-state index contributed by atoms with van der Waals surface area (Å²) in [5.74, 6) is -1.48. The van der Waals surface area contributed by atoms with E-state index in [0.29, 0.717) is 21.4 Å². The highest BCUT2D eigenvalue weighted by molar-refractivity contribution is 7.90. The SMILES string of the molecule is CCNC(=O)C(C)N(Cc1ccccc1Cl)C(=O)CCN1C(=O)c2ccccc2S1(=O)=O. The van der Waals surface area contributed by atoms with Crippen LogP contribution in [0.1, 0.15) is 36.2 Å². The van der Waals surface area contributed by atoms with Gasteiger partial charge < -0.3 is 10.2 Å². The van der Waals surface area contributed by atoms with Crippen LogP contribution >= 0.6 is 11.6 Å². The number of nitrogens with one attached hydrogen (secondary N) is 1. The minimum Gasteiger partial charge on any atom is -0.355 e. The lowest BCUT2D eigenvalue weighted by atomic mass is 10.1. The van der Waals surface area contributed by atoms with E-state index in [2.05, 4.69) is 5.32 Å². The van der Waals surface area contributed by atoms with Crippen molar-refractivity contribution in [3.05, 3.63) is 64.7 Å². The molecule has 0 aromatic heterocycles. The molecular weight excluding hydrogens is 454 g/mol. The number of carbonyl (C=O) groups is 3. The van der Waals surface area contributed by atoms with Crippen molar-refractivity contribution in [1.29, 1.82) is 0 Å². The Morgan fingerprint density at radius 2 is 1.78 bits per heavy atom. The number of likely N-dealkylation sites (N-methyl/N-ethyl adjacent to an activating group) is 1. The van der Waals surface area contributed by atoms with Gasteiger partial charge in [-0.2, -0.15) is 0 Å². The zero-order valence-electron chi connectivity index (χ0n) is 17.7. The molecular formula is C22H24ClN3O5S. The topological polar surface area (TPSA) is 104 Å². The van der Waals surface area contributed by atoms with Crippen molar-refractivity contribution >= 4 is 39.3 Å². The lowest BCUT2D eigenvalue weighted by Crippen LogP contribution is -2.48. The summed E-state index contributed by atoms with van der Waals surface area (Å²) in [6, 6.07) is 12.1. The zero-order valence-corrected chi connectivity index (χ0v) is 19.3. The minimum atomic E-state index is -4.02. The third-order valence-corrected chi connectivity index (χ3v) is 7.47. The first kappa shape index (κ1) is 23.7. The maximum atomic E-state index is 13.1. The summed E-state index contributed by atoms with van der Waals surface area (Å²) < 4.78 is 26.2. The molecule has 0 bridgehead atoms. The molecule has 0 saturated heterocycles. The van der Waals surface area contributed by atoms with Crippen LogP contribution in [0, 0.1) is 0 Å². The molecule has 1 N–H and O–H groups in total. The van der Waals surface area contributed by atoms with Gasteiger partial charge in [0.25, 0.3) is 15.9 Å². The van der Waals surface area contributed by atoms with Crippen molar-refractivity contribution in [3.63, 3.8) is 0 Å². The maximum Gasteiger partial charge on any atom is 0.269 e. The second-order valence-electron chi connectivity index (χ2n) is 7.31. The first-order valence-corrected chi connectivity index (χ1v) is 12.0. The number of rotatable bonds is 8. The van der Waals surface area contributed by atoms with Crippen molar-refractivity contribution in [1.82, 2.24) is 14.5 Å². The van der Waals surface area contributed by atoms with Crippen molar-refractivity contribution in [3.8, 4) is 0 Å². The standard InChI is InChI=1S/C22H24ClN3O5S/c1-3-24-21(28)15(2)25(14-16-8-4-6-10-18(16)23)20(27)12-13-26-22(29)17-9-5-7-11-19(17)32(26,30)31/h4-11,15H,3,12-14H2,1-2H3,(H,24,28). The van der Waals surface area contributed by atoms with Crippen LogP contribution in [0.25, 0.3) is 0 Å². The molecule has 2 aromatic rings. The molecule has 0 spiro atoms. The predicted octanol–water partition coefficient (Wildman–Crippen LogP) is 2.43. The summed E-state index contributed by atoms with van der Waals surface area (Å²) in [7, 11) is -4.02. The Labute approximate surface area is 192 Å². The highest BCUT2D eigenvalue weighted by Crippen LogP contribution is 2.30. The molecule has 0 radical (unpaired) electrons. The van der Waals surface area contributed by atoms with Gasteiger partial charge in [-0.3, -0.25) is 14.4 Å². The van der Waals surface area contributed by atoms with E-state index in [1.54, 1.807) is 44.2 Å². The third kappa shape index (κ3) is 4.63. The molecule has 32 heavy (non-hydrogen) atoms. The van der Waals surface area contributed by atoms with Crippen LogP contribution in [-0.4, -0.2) is 54.5 Å². The van der Waals surface area contributed by atoms with Crippen LogP contribution < -0.4 is 5.32 Å². The van der Waals surface area contributed by atoms with E-state index in [-0.39, 0.29) is 35.9 Å². The summed E-state index contributed by atoms with van der Waals surface area (Å²) in [4.78, 5) is 39.4. The van der Waals surface area contributed by atoms with E-state index in [1.807, 2.05) is 0 Å². The lowest BCUT2D eigenvalue weighted by Gasteiger charge is -2.29. The van der Waals surface area contributed by atoms with Gasteiger partial charge in [0, 0.05) is 31.1 Å². The Kier molecular flexibility index (Phi) is 7.20. The average molecular weight is 478 g/mol. The molecule has 10 heteroatoms. The number of sulfonamides is 1. The van der Waals surface area contributed by atoms with Crippen molar-refractivity contribution in [2.24, 2.45) is 0 Å². The fourth-order valence-corrected chi connectivity index (χ4v) is 5.27. The zero-order chi connectivity index (χ0) is 23.5. The van der Waals surface area contributed by atoms with Gasteiger partial charge in [-0.05, 0) is 37.6 Å². The van der Waals surface area contributed by atoms with E-state index in [0.717, 1.165) is 0 Å². The molecule has 1 aliphatic rings. The van der Waals surface area contributed by atoms with E-state index < -0.39 is 27.9 Å². The minimum absolute atomic E-state index is 0.0672. The fourth-order valence-electron chi connectivity index (χ4n) is 3.51. The van der Waals surface area contributed by atoms with E-state index in [9.17, 15) is 22.8 Å². The molecule has 0 saturated carbocycles. The average Bonchev–Trinajstić information content (AvgIpc) is 2.96. The van der Waals surface area contributed by atoms with Gasteiger partial charge in [0.15, 0.2) is 0 Å². The quantitative estimate of drug-likeness (QED) is 0.628. The van der Waals surface area contributed by atoms with Crippen molar-refractivity contribution in [2.75, 3.05) is 13.1 Å². The summed E-state index contributed by atoms with van der Waals surface area (Å²) in [6.07, 6.45) is -0.271. The van der Waals surface area contributed by atoms with Crippen LogP contribution in [0.3, 0.4) is 0 Å². The molecule has 1 unspecified atom stereocenters. The molecule has 3 amide bonds. The first-order chi connectivity index (χ1) is 15.2. The van der Waals surface area contributed by atoms with Gasteiger partial charge in [-0.1, -0.05) is 41.9 Å². The second-order valence-corrected chi connectivity index (χ2v) is 9.55. The number of hydrogen-bond donors (Lipinski definition) is 1. The Hall–Kier alpha value is -2.91. The molecule has 1 heterocycles. The predicted molar refractivity (Wildman–Crippen MR) is 119 cm³/mol. The molecule has 1 aliphatic heterocycles. The molecule has 0 fully saturated rings. The highest BCUT2D eigenvalue weighted by atomic mass is 35.5. The Bertz CT molecular complexity index is 1150. The van der Waals surface area contributed by atoms with Crippen LogP contribution in [0.15, 0.2) is 53.4 Å². The number of hydrogen-bond acceptors (Lipinski definition) is 5. The molecule has 0 aliphatic carbocycles. The second kappa shape index (κ2) is 9.70. The Morgan fingerprint density at radius 1 is 1.12 bits per heavy atom. The molecule has 8 nitrogen and oxygen atoms in total. The van der Waals surface area contributed by atoms with Gasteiger partial charge in [0.05, 0.1) is 5.56 Å². The number of halogens is 1. The van der Waals surface area contributed by atoms with Crippen molar-refractivity contribution in [2.45, 2.75) is 37.8 Å². The van der Waals surface area contributed by atoms with E-state index in [4.69, 9.17) is 11.6 Å². The number of amides is 3. The van der Waals surface area contributed by atoms with Crippen LogP contribution in [0.4, 0.5) is 0 Å². The van der Waals surface area contributed by atoms with Gasteiger partial charge >= 0.3 is 0 Å². The van der Waals surface area contributed by atoms with E-state index in [1.165, 1.54) is 23.1 Å². The summed E-state index contributed by atoms with van der Waals surface area (Å²) >= 11 is 6.24. The molecule has 170 valence electrons. The molecule has 3 rings (SSSR count). The van der Waals surface area contributed by atoms with Gasteiger partial charge in [-0.15, -0.1) is 0 Å². The highest BCUT2D eigenvalue weighted by Gasteiger charge is 2.41. The molecule has 1 atom stereocenters. The van der Waals surface area contributed by atoms with Crippen LogP contribution in [0.5, 0.6) is 0 Å². The smallest absolute Gasteiger partial charge is 0.269 e. The van der Waals surface area contributed by atoms with Crippen LogP contribution in [-0.2, 0) is 26.2 Å². The first-order valence-electron chi connectivity index (χ1n) is 10.1. The normalized spacial score (nSPS) is 15.2. The van der Waals surface area contributed by atoms with Gasteiger partial charge in [0.1, 0.15) is 10.9 Å². The van der Waals surface area contributed by atoms with Crippen LogP contribution in [0.2, 0.25) is 5.02 Å². The van der Waals surface area contributed by atoms with Gasteiger partial charge in [0.2, 0.25) is 11.8 Å². The van der Waals surface area contributed by atoms with Crippen molar-refractivity contribution < 1.29 is 22.8 Å². The Morgan fingerprint density at radius 3 is 2.44 bits per heavy atom. The number of benzene rings is 2. The number of fused-ring (bicyclic) bond motifs is 1. The molecule has 2 aromatic carbocycles. The summed E-state index contributed by atoms with van der Waals surface area (Å²) in [5, 5.41) is 3.13. The van der Waals surface area contributed by atoms with E-state index >= 15 is 0 Å². The Balaban J connectivity index is 1.80. The number of carbonyl (C=O) groups excluding carboxylic acids is 3. The maximum absolute atomic E-state index is 13.1.